The summed E-state index contributed by atoms with van der Waals surface area (Å²) in [5.41, 5.74) is 0. The van der Waals surface area contributed by atoms with E-state index < -0.39 is 79.9 Å². The second-order valence-electron chi connectivity index (χ2n) is 15.5. The molecular weight excluding hydrogens is 826 g/mol. The molecule has 0 aliphatic carbocycles. The fourth-order valence-electron chi connectivity index (χ4n) is 6.73. The molecule has 5 rings (SSSR count). The first kappa shape index (κ1) is 51.8. The smallest absolute Gasteiger partial charge is 0.304 e. The van der Waals surface area contributed by atoms with Crippen LogP contribution in [0, 0.1) is 41.2 Å². The van der Waals surface area contributed by atoms with E-state index in [4.69, 9.17) is 47.7 Å². The molecule has 3 aliphatic heterocycles. The summed E-state index contributed by atoms with van der Waals surface area (Å²) in [5.74, 6) is -1.19. The summed E-state index contributed by atoms with van der Waals surface area (Å²) in [5, 5.41) is 37.9. The summed E-state index contributed by atoms with van der Waals surface area (Å²) in [6.45, 7) is 15.1. The average molecular weight is 887 g/mol. The number of rotatable bonds is 11. The molecule has 19 heteroatoms. The van der Waals surface area contributed by atoms with Crippen LogP contribution in [0.25, 0.3) is 0 Å². The first-order chi connectivity index (χ1) is 29.1. The Balaban J connectivity index is 0.000000252. The van der Waals surface area contributed by atoms with Crippen LogP contribution in [0.2, 0.25) is 0 Å². The average Bonchev–Trinajstić information content (AvgIpc) is 3.21. The first-order valence-corrected chi connectivity index (χ1v) is 20.2. The van der Waals surface area contributed by atoms with Gasteiger partial charge in [0, 0.05) is 39.5 Å². The fraction of sp³-hybridized carbons (Fsp3) is 0.628. The summed E-state index contributed by atoms with van der Waals surface area (Å²) < 4.78 is 74.2. The second-order valence-corrected chi connectivity index (χ2v) is 15.5. The molecule has 0 bridgehead atoms. The minimum atomic E-state index is -1.50. The molecule has 0 amide bonds. The van der Waals surface area contributed by atoms with Crippen LogP contribution in [0.3, 0.4) is 0 Å². The molecule has 3 fully saturated rings. The van der Waals surface area contributed by atoms with E-state index >= 15 is 0 Å². The number of hydrogen-bond donors (Lipinski definition) is 4. The van der Waals surface area contributed by atoms with Crippen molar-refractivity contribution in [1.29, 1.82) is 0 Å². The summed E-state index contributed by atoms with van der Waals surface area (Å²) in [7, 11) is 0. The van der Waals surface area contributed by atoms with Crippen LogP contribution in [0.5, 0.6) is 11.5 Å². The van der Waals surface area contributed by atoms with Crippen molar-refractivity contribution >= 4 is 23.9 Å². The molecule has 0 radical (unpaired) electrons. The highest BCUT2D eigenvalue weighted by molar-refractivity contribution is 5.67. The van der Waals surface area contributed by atoms with E-state index in [1.165, 1.54) is 76.2 Å². The molecule has 0 saturated carbocycles. The highest BCUT2D eigenvalue weighted by Gasteiger charge is 2.46. The van der Waals surface area contributed by atoms with E-state index in [0.717, 1.165) is 0 Å². The van der Waals surface area contributed by atoms with Crippen molar-refractivity contribution < 1.29 is 91.0 Å². The predicted octanol–water partition coefficient (Wildman–Crippen LogP) is 3.45. The fourth-order valence-corrected chi connectivity index (χ4v) is 6.73. The number of ether oxygens (including phenoxy) is 9. The Kier molecular flexibility index (Phi) is 20.4. The molecular formula is C43H60F2O17. The Morgan fingerprint density at radius 1 is 0.516 bits per heavy atom. The number of benzene rings is 2. The normalized spacial score (nSPS) is 32.9. The zero-order chi connectivity index (χ0) is 46.4. The maximum absolute atomic E-state index is 13.1. The predicted molar refractivity (Wildman–Crippen MR) is 212 cm³/mol. The number of carbonyl (C=O) groups excluding carboxylic acids is 4. The molecule has 0 aromatic heterocycles. The Morgan fingerprint density at radius 2 is 0.935 bits per heavy atom. The number of esters is 4. The maximum atomic E-state index is 13.1. The lowest BCUT2D eigenvalue weighted by Gasteiger charge is -2.43. The summed E-state index contributed by atoms with van der Waals surface area (Å²) in [4.78, 5) is 44.4. The molecule has 3 heterocycles. The highest BCUT2D eigenvalue weighted by atomic mass is 19.1. The molecule has 348 valence electrons. The van der Waals surface area contributed by atoms with Crippen molar-refractivity contribution in [3.05, 3.63) is 60.2 Å². The van der Waals surface area contributed by atoms with Crippen molar-refractivity contribution in [3.63, 3.8) is 0 Å². The Hall–Kier alpha value is -4.50. The van der Waals surface area contributed by atoms with Crippen LogP contribution in [-0.4, -0.2) is 126 Å². The monoisotopic (exact) mass is 886 g/mol. The van der Waals surface area contributed by atoms with E-state index in [2.05, 4.69) is 13.8 Å². The van der Waals surface area contributed by atoms with Crippen molar-refractivity contribution in [1.82, 2.24) is 0 Å². The third-order valence-electron chi connectivity index (χ3n) is 11.0. The highest BCUT2D eigenvalue weighted by Crippen LogP contribution is 2.36. The Morgan fingerprint density at radius 3 is 1.37 bits per heavy atom. The molecule has 62 heavy (non-hydrogen) atoms. The van der Waals surface area contributed by atoms with Crippen LogP contribution < -0.4 is 9.47 Å². The van der Waals surface area contributed by atoms with Gasteiger partial charge >= 0.3 is 23.9 Å². The molecule has 4 N–H and O–H groups in total. The molecule has 3 saturated heterocycles. The van der Waals surface area contributed by atoms with Gasteiger partial charge < -0.3 is 63.1 Å². The van der Waals surface area contributed by atoms with Gasteiger partial charge in [-0.3, -0.25) is 19.2 Å². The second kappa shape index (κ2) is 24.4. The molecule has 2 aromatic rings. The van der Waals surface area contributed by atoms with Gasteiger partial charge in [-0.2, -0.15) is 0 Å². The van der Waals surface area contributed by atoms with E-state index in [9.17, 15) is 43.3 Å². The van der Waals surface area contributed by atoms with Crippen LogP contribution in [0.4, 0.5) is 8.78 Å². The van der Waals surface area contributed by atoms with Gasteiger partial charge in [0.15, 0.2) is 6.10 Å². The zero-order valence-corrected chi connectivity index (χ0v) is 36.3. The van der Waals surface area contributed by atoms with Crippen molar-refractivity contribution in [2.24, 2.45) is 29.6 Å². The lowest BCUT2D eigenvalue weighted by molar-refractivity contribution is -0.277. The van der Waals surface area contributed by atoms with Crippen LogP contribution in [-0.2, 0) is 52.3 Å². The van der Waals surface area contributed by atoms with Gasteiger partial charge in [0.05, 0.1) is 18.8 Å². The van der Waals surface area contributed by atoms with Gasteiger partial charge in [0.25, 0.3) is 0 Å². The Bertz CT molecular complexity index is 1710. The van der Waals surface area contributed by atoms with E-state index in [1.807, 2.05) is 20.8 Å². The number of hydrogen-bond acceptors (Lipinski definition) is 17. The van der Waals surface area contributed by atoms with Gasteiger partial charge in [-0.25, -0.2) is 8.78 Å². The largest absolute Gasteiger partial charge is 0.463 e. The van der Waals surface area contributed by atoms with Gasteiger partial charge in [-0.15, -0.1) is 0 Å². The molecule has 7 unspecified atom stereocenters. The third-order valence-corrected chi connectivity index (χ3v) is 11.0. The molecule has 2 aromatic carbocycles. The maximum Gasteiger partial charge on any atom is 0.304 e. The topological polar surface area (TPSA) is 232 Å². The van der Waals surface area contributed by atoms with Crippen LogP contribution in [0.1, 0.15) is 62.3 Å². The quantitative estimate of drug-likeness (QED) is 0.187. The first-order valence-electron chi connectivity index (χ1n) is 20.2. The Labute approximate surface area is 359 Å². The SMILES string of the molecule is CC(=O)OCC1OC(OC(C)=O)C(C)[C@@H](C)[C@@H]1C.CC(=O)OCC1O[C@@H](Oc2ccc(F)cc2)C(OC(C)=O)[C@@H](C)[C@@H]1C.OCC1O[C@@H](Oc2ccc(F)cc2)C(O)[C@@H](O)[C@@H]1O. The van der Waals surface area contributed by atoms with Crippen molar-refractivity contribution in [2.45, 2.75) is 124 Å². The molecule has 17 nitrogen and oxygen atoms in total. The van der Waals surface area contributed by atoms with Gasteiger partial charge in [0.2, 0.25) is 18.9 Å². The minimum absolute atomic E-state index is 0.0308. The lowest BCUT2D eigenvalue weighted by atomic mass is 9.79. The molecule has 0 spiro atoms. The zero-order valence-electron chi connectivity index (χ0n) is 36.3. The van der Waals surface area contributed by atoms with Gasteiger partial charge in [-0.1, -0.05) is 34.6 Å². The standard InChI is InChI=1S/C18H23FO6.C13H22O5.C12H15FO6/c1-10-11(2)17(23-13(4)21)18(25-16(10)9-22-12(3)20)24-15-7-5-14(19)6-8-15;1-7-8(2)12(6-16-10(4)14)18-13(9(7)3)17-11(5)15;13-6-1-3-7(4-2-6)18-12-11(17)10(16)9(15)8(5-14)19-12/h5-8,10-11,16-18H,9H2,1-4H3;7-9,12-13H,6H2,1-5H3;1-4,8-12,14-17H,5H2/t10-,11-,16?,17?,18+;7-,8-,9?,12?,13?;8?,9-,10+,11?,12-/m001/s1. The van der Waals surface area contributed by atoms with E-state index in [-0.39, 0.29) is 66.5 Å². The van der Waals surface area contributed by atoms with Crippen molar-refractivity contribution in [3.8, 4) is 11.5 Å². The van der Waals surface area contributed by atoms with Crippen LogP contribution >= 0.6 is 0 Å². The van der Waals surface area contributed by atoms with Crippen molar-refractivity contribution in [2.75, 3.05) is 19.8 Å². The summed E-state index contributed by atoms with van der Waals surface area (Å²) in [6, 6.07) is 10.5. The number of halogens is 2. The summed E-state index contributed by atoms with van der Waals surface area (Å²) >= 11 is 0. The van der Waals surface area contributed by atoms with Gasteiger partial charge in [0.1, 0.15) is 60.8 Å². The number of carbonyl (C=O) groups is 4. The number of aliphatic hydroxyl groups is 4. The minimum Gasteiger partial charge on any atom is -0.463 e. The van der Waals surface area contributed by atoms with Crippen LogP contribution in [0.15, 0.2) is 48.5 Å². The van der Waals surface area contributed by atoms with Gasteiger partial charge in [-0.05, 0) is 66.3 Å². The van der Waals surface area contributed by atoms with E-state index in [1.54, 1.807) is 0 Å². The number of aliphatic hydroxyl groups excluding tert-OH is 4. The molecule has 15 atom stereocenters. The lowest BCUT2D eigenvalue weighted by Crippen LogP contribution is -2.60. The third kappa shape index (κ3) is 15.4. The molecule has 3 aliphatic rings. The van der Waals surface area contributed by atoms with E-state index in [0.29, 0.717) is 11.7 Å². The summed E-state index contributed by atoms with van der Waals surface area (Å²) in [6.07, 6.45) is -9.45.